The van der Waals surface area contributed by atoms with E-state index in [4.69, 9.17) is 19.3 Å². The first kappa shape index (κ1) is 28.9. The molecular formula is C29H35BrN2O4. The van der Waals surface area contributed by atoms with Crippen molar-refractivity contribution in [2.45, 2.75) is 38.8 Å². The second-order valence-electron chi connectivity index (χ2n) is 7.72. The number of ether oxygens (including phenoxy) is 1. The summed E-state index contributed by atoms with van der Waals surface area (Å²) in [5, 5.41) is 3.73. The SMILES string of the molecule is BrCCCc1ccccc1.NCc1ccco1.O=C(NCc1ccco1)OCCCc1ccccc1. The Kier molecular flexibility index (Phi) is 15.2. The Morgan fingerprint density at radius 1 is 0.778 bits per heavy atom. The third-order valence-electron chi connectivity index (χ3n) is 4.90. The summed E-state index contributed by atoms with van der Waals surface area (Å²) < 4.78 is 15.0. The first-order valence-corrected chi connectivity index (χ1v) is 13.1. The Labute approximate surface area is 222 Å². The number of alkyl halides is 1. The summed E-state index contributed by atoms with van der Waals surface area (Å²) in [5.74, 6) is 1.54. The van der Waals surface area contributed by atoms with E-state index in [-0.39, 0.29) is 0 Å². The van der Waals surface area contributed by atoms with Gasteiger partial charge in [-0.3, -0.25) is 0 Å². The minimum atomic E-state index is -0.413. The Hall–Kier alpha value is -3.29. The van der Waals surface area contributed by atoms with Gasteiger partial charge in [-0.05, 0) is 61.1 Å². The second-order valence-corrected chi connectivity index (χ2v) is 8.51. The zero-order chi connectivity index (χ0) is 25.7. The maximum atomic E-state index is 11.4. The lowest BCUT2D eigenvalue weighted by molar-refractivity contribution is 0.143. The summed E-state index contributed by atoms with van der Waals surface area (Å²) in [4.78, 5) is 11.4. The molecule has 0 fully saturated rings. The molecule has 0 aliphatic rings. The smallest absolute Gasteiger partial charge is 0.407 e. The highest BCUT2D eigenvalue weighted by molar-refractivity contribution is 9.09. The van der Waals surface area contributed by atoms with E-state index in [1.165, 1.54) is 24.0 Å². The Morgan fingerprint density at radius 3 is 1.81 bits per heavy atom. The number of nitrogens with one attached hydrogen (secondary N) is 1. The molecule has 0 saturated heterocycles. The van der Waals surface area contributed by atoms with E-state index >= 15 is 0 Å². The molecule has 36 heavy (non-hydrogen) atoms. The number of furan rings is 2. The number of carbonyl (C=O) groups excluding carboxylic acids is 1. The van der Waals surface area contributed by atoms with Crippen LogP contribution in [0.2, 0.25) is 0 Å². The lowest BCUT2D eigenvalue weighted by Crippen LogP contribution is -2.24. The van der Waals surface area contributed by atoms with E-state index in [2.05, 4.69) is 63.7 Å². The van der Waals surface area contributed by atoms with Crippen LogP contribution in [0, 0.1) is 0 Å². The number of rotatable bonds is 10. The fourth-order valence-electron chi connectivity index (χ4n) is 3.05. The van der Waals surface area contributed by atoms with Crippen LogP contribution >= 0.6 is 15.9 Å². The summed E-state index contributed by atoms with van der Waals surface area (Å²) in [6.07, 6.45) is 6.91. The minimum absolute atomic E-state index is 0.352. The molecule has 0 aliphatic carbocycles. The normalized spacial score (nSPS) is 9.83. The topological polar surface area (TPSA) is 90.6 Å². The molecule has 2 aromatic carbocycles. The number of nitrogens with two attached hydrogens (primary N) is 1. The summed E-state index contributed by atoms with van der Waals surface area (Å²) in [6.45, 7) is 1.26. The van der Waals surface area contributed by atoms with Gasteiger partial charge in [0.1, 0.15) is 11.5 Å². The molecule has 4 aromatic rings. The van der Waals surface area contributed by atoms with E-state index < -0.39 is 6.09 Å². The molecule has 2 heterocycles. The maximum Gasteiger partial charge on any atom is 0.407 e. The Morgan fingerprint density at radius 2 is 1.33 bits per heavy atom. The molecule has 0 atom stereocenters. The molecule has 7 heteroatoms. The number of hydrogen-bond acceptors (Lipinski definition) is 5. The van der Waals surface area contributed by atoms with Gasteiger partial charge in [0.2, 0.25) is 0 Å². The number of alkyl carbamates (subject to hydrolysis) is 1. The van der Waals surface area contributed by atoms with Crippen molar-refractivity contribution in [2.75, 3.05) is 11.9 Å². The molecule has 3 N–H and O–H groups in total. The van der Waals surface area contributed by atoms with Crippen LogP contribution in [-0.2, 0) is 30.7 Å². The quantitative estimate of drug-likeness (QED) is 0.164. The van der Waals surface area contributed by atoms with Gasteiger partial charge in [0.15, 0.2) is 0 Å². The fraction of sp³-hybridized carbons (Fsp3) is 0.276. The van der Waals surface area contributed by atoms with Gasteiger partial charge in [-0.1, -0.05) is 76.6 Å². The largest absolute Gasteiger partial charge is 0.468 e. The average molecular weight is 556 g/mol. The van der Waals surface area contributed by atoms with Crippen LogP contribution in [0.1, 0.15) is 35.5 Å². The minimum Gasteiger partial charge on any atom is -0.468 e. The zero-order valence-electron chi connectivity index (χ0n) is 20.5. The second kappa shape index (κ2) is 19.0. The van der Waals surface area contributed by atoms with Crippen LogP contribution in [0.5, 0.6) is 0 Å². The maximum absolute atomic E-state index is 11.4. The number of hydrogen-bond donors (Lipinski definition) is 2. The number of benzene rings is 2. The van der Waals surface area contributed by atoms with E-state index in [0.29, 0.717) is 25.5 Å². The van der Waals surface area contributed by atoms with Crippen LogP contribution in [-0.4, -0.2) is 18.0 Å². The van der Waals surface area contributed by atoms with Crippen LogP contribution in [0.25, 0.3) is 0 Å². The molecule has 1 amide bonds. The van der Waals surface area contributed by atoms with E-state index in [1.54, 1.807) is 24.7 Å². The summed E-state index contributed by atoms with van der Waals surface area (Å²) >= 11 is 3.41. The Bertz CT molecular complexity index is 1020. The number of amides is 1. The van der Waals surface area contributed by atoms with Gasteiger partial charge < -0.3 is 24.6 Å². The molecule has 2 aromatic heterocycles. The molecule has 0 bridgehead atoms. The first-order chi connectivity index (χ1) is 17.7. The van der Waals surface area contributed by atoms with Crippen LogP contribution in [0.15, 0.2) is 106 Å². The van der Waals surface area contributed by atoms with Gasteiger partial charge in [0.05, 0.1) is 32.2 Å². The van der Waals surface area contributed by atoms with Crippen molar-refractivity contribution in [2.24, 2.45) is 5.73 Å². The molecule has 0 spiro atoms. The van der Waals surface area contributed by atoms with Crippen LogP contribution < -0.4 is 11.1 Å². The molecule has 0 aliphatic heterocycles. The number of carbonyl (C=O) groups is 1. The van der Waals surface area contributed by atoms with Crippen LogP contribution in [0.3, 0.4) is 0 Å². The van der Waals surface area contributed by atoms with Crippen molar-refractivity contribution >= 4 is 22.0 Å². The number of halogens is 1. The van der Waals surface area contributed by atoms with Crippen molar-refractivity contribution in [3.8, 4) is 0 Å². The monoisotopic (exact) mass is 554 g/mol. The molecule has 0 unspecified atom stereocenters. The van der Waals surface area contributed by atoms with Gasteiger partial charge >= 0.3 is 6.09 Å². The van der Waals surface area contributed by atoms with Gasteiger partial charge in [0.25, 0.3) is 0 Å². The van der Waals surface area contributed by atoms with E-state index in [9.17, 15) is 4.79 Å². The molecule has 192 valence electrons. The highest BCUT2D eigenvalue weighted by Crippen LogP contribution is 2.04. The van der Waals surface area contributed by atoms with Gasteiger partial charge in [-0.15, -0.1) is 0 Å². The van der Waals surface area contributed by atoms with E-state index in [0.717, 1.165) is 23.9 Å². The highest BCUT2D eigenvalue weighted by atomic mass is 79.9. The third kappa shape index (κ3) is 13.6. The summed E-state index contributed by atoms with van der Waals surface area (Å²) in [6, 6.07) is 27.9. The van der Waals surface area contributed by atoms with Gasteiger partial charge in [-0.2, -0.15) is 0 Å². The molecular weight excluding hydrogens is 520 g/mol. The predicted molar refractivity (Wildman–Crippen MR) is 147 cm³/mol. The fourth-order valence-corrected chi connectivity index (χ4v) is 3.33. The van der Waals surface area contributed by atoms with Crippen molar-refractivity contribution in [3.05, 3.63) is 120 Å². The lowest BCUT2D eigenvalue weighted by Gasteiger charge is -2.05. The first-order valence-electron chi connectivity index (χ1n) is 12.0. The molecule has 0 saturated carbocycles. The summed E-state index contributed by atoms with van der Waals surface area (Å²) in [7, 11) is 0. The van der Waals surface area contributed by atoms with Crippen LogP contribution in [0.4, 0.5) is 4.79 Å². The predicted octanol–water partition coefficient (Wildman–Crippen LogP) is 6.89. The third-order valence-corrected chi connectivity index (χ3v) is 5.46. The van der Waals surface area contributed by atoms with E-state index in [1.807, 2.05) is 30.3 Å². The lowest BCUT2D eigenvalue weighted by atomic mass is 10.1. The van der Waals surface area contributed by atoms with Gasteiger partial charge in [0, 0.05) is 5.33 Å². The van der Waals surface area contributed by atoms with Crippen molar-refractivity contribution < 1.29 is 18.4 Å². The van der Waals surface area contributed by atoms with Crippen molar-refractivity contribution in [3.63, 3.8) is 0 Å². The average Bonchev–Trinajstić information content (AvgIpc) is 3.65. The summed E-state index contributed by atoms with van der Waals surface area (Å²) in [5.41, 5.74) is 7.88. The molecule has 0 radical (unpaired) electrons. The zero-order valence-corrected chi connectivity index (χ0v) is 22.1. The molecule has 4 rings (SSSR count). The number of aryl methyl sites for hydroxylation is 2. The van der Waals surface area contributed by atoms with Gasteiger partial charge in [-0.25, -0.2) is 4.79 Å². The Balaban J connectivity index is 0.000000222. The standard InChI is InChI=1S/C15H17NO3.C9H11Br.C5H7NO/c17-15(16-12-14-9-5-10-18-14)19-11-4-8-13-6-2-1-3-7-13;10-8-4-7-9-5-2-1-3-6-9;6-4-5-2-1-3-7-5/h1-3,5-7,9-10H,4,8,11-12H2,(H,16,17);1-3,5-6H,4,7-8H2;1-3H,4,6H2. The highest BCUT2D eigenvalue weighted by Gasteiger charge is 2.03. The molecule has 6 nitrogen and oxygen atoms in total. The van der Waals surface area contributed by atoms with Crippen molar-refractivity contribution in [1.82, 2.24) is 5.32 Å². The van der Waals surface area contributed by atoms with Crippen molar-refractivity contribution in [1.29, 1.82) is 0 Å².